The second kappa shape index (κ2) is 6.86. The molecule has 0 radical (unpaired) electrons. The molecule has 1 atom stereocenters. The molecule has 1 unspecified atom stereocenters. The molecule has 0 spiro atoms. The van der Waals surface area contributed by atoms with Crippen molar-refractivity contribution in [3.63, 3.8) is 0 Å². The van der Waals surface area contributed by atoms with Crippen molar-refractivity contribution < 1.29 is 9.32 Å². The lowest BCUT2D eigenvalue weighted by molar-refractivity contribution is 0.0936. The van der Waals surface area contributed by atoms with Crippen molar-refractivity contribution in [1.82, 2.24) is 20.4 Å². The molecule has 28 heavy (non-hydrogen) atoms. The number of hydrogen-bond donors (Lipinski definition) is 1. The highest BCUT2D eigenvalue weighted by molar-refractivity contribution is 5.94. The monoisotopic (exact) mass is 374 g/mol. The van der Waals surface area contributed by atoms with Crippen molar-refractivity contribution in [2.24, 2.45) is 0 Å². The number of aromatic nitrogens is 3. The van der Waals surface area contributed by atoms with Gasteiger partial charge in [0.25, 0.3) is 5.91 Å². The Labute approximate surface area is 163 Å². The van der Waals surface area contributed by atoms with Gasteiger partial charge in [0.05, 0.1) is 6.04 Å². The van der Waals surface area contributed by atoms with Crippen LogP contribution in [0.1, 0.15) is 70.7 Å². The van der Waals surface area contributed by atoms with E-state index in [0.717, 1.165) is 42.8 Å². The lowest BCUT2D eigenvalue weighted by Gasteiger charge is -2.20. The lowest BCUT2D eigenvalue weighted by Crippen LogP contribution is -2.27. The van der Waals surface area contributed by atoms with Crippen LogP contribution in [0.5, 0.6) is 0 Å². The van der Waals surface area contributed by atoms with Gasteiger partial charge in [-0.2, -0.15) is 4.98 Å². The molecule has 0 bridgehead atoms. The van der Waals surface area contributed by atoms with Gasteiger partial charge in [-0.1, -0.05) is 23.7 Å². The molecule has 1 amide bonds. The quantitative estimate of drug-likeness (QED) is 0.743. The number of carbonyl (C=O) groups excluding carboxylic acids is 1. The van der Waals surface area contributed by atoms with Crippen LogP contribution in [-0.2, 0) is 6.42 Å². The maximum atomic E-state index is 12.6. The van der Waals surface area contributed by atoms with Crippen molar-refractivity contribution in [2.45, 2.75) is 51.0 Å². The fourth-order valence-electron chi connectivity index (χ4n) is 4.01. The first-order valence-corrected chi connectivity index (χ1v) is 9.88. The van der Waals surface area contributed by atoms with Gasteiger partial charge in [0.1, 0.15) is 0 Å². The lowest BCUT2D eigenvalue weighted by atomic mass is 9.85. The minimum absolute atomic E-state index is 0.0285. The number of nitrogens with one attached hydrogen (secondary N) is 1. The van der Waals surface area contributed by atoms with Crippen molar-refractivity contribution >= 4 is 5.91 Å². The molecule has 6 heteroatoms. The summed E-state index contributed by atoms with van der Waals surface area (Å²) in [6, 6.07) is 9.82. The number of hydrogen-bond acceptors (Lipinski definition) is 5. The van der Waals surface area contributed by atoms with Crippen LogP contribution in [0.3, 0.4) is 0 Å². The number of aryl methyl sites for hydroxylation is 2. The first-order valence-electron chi connectivity index (χ1n) is 9.88. The number of amides is 1. The molecule has 1 saturated carbocycles. The van der Waals surface area contributed by atoms with Gasteiger partial charge >= 0.3 is 0 Å². The van der Waals surface area contributed by atoms with Crippen LogP contribution in [-0.4, -0.2) is 21.0 Å². The third kappa shape index (κ3) is 3.09. The minimum atomic E-state index is -0.0595. The molecule has 0 aliphatic heterocycles. The normalized spacial score (nSPS) is 18.5. The third-order valence-electron chi connectivity index (χ3n) is 5.84. The maximum absolute atomic E-state index is 12.6. The summed E-state index contributed by atoms with van der Waals surface area (Å²) in [7, 11) is 0. The molecule has 2 aliphatic carbocycles. The largest absolute Gasteiger partial charge is 0.345 e. The highest BCUT2D eigenvalue weighted by Crippen LogP contribution is 2.37. The van der Waals surface area contributed by atoms with Gasteiger partial charge in [0.2, 0.25) is 11.7 Å². The van der Waals surface area contributed by atoms with E-state index in [9.17, 15) is 4.79 Å². The Morgan fingerprint density at radius 3 is 2.86 bits per heavy atom. The van der Waals surface area contributed by atoms with Gasteiger partial charge in [-0.25, -0.2) is 0 Å². The average molecular weight is 374 g/mol. The first-order chi connectivity index (χ1) is 13.7. The molecule has 2 heterocycles. The van der Waals surface area contributed by atoms with Gasteiger partial charge < -0.3 is 9.84 Å². The molecule has 2 aliphatic rings. The van der Waals surface area contributed by atoms with Crippen molar-refractivity contribution in [2.75, 3.05) is 0 Å². The summed E-state index contributed by atoms with van der Waals surface area (Å²) < 4.78 is 5.45. The van der Waals surface area contributed by atoms with Gasteiger partial charge in [0, 0.05) is 28.9 Å². The molecule has 142 valence electrons. The van der Waals surface area contributed by atoms with Gasteiger partial charge in [-0.15, -0.1) is 0 Å². The molecule has 5 rings (SSSR count). The first kappa shape index (κ1) is 17.1. The highest BCUT2D eigenvalue weighted by Gasteiger charge is 2.27. The predicted molar refractivity (Wildman–Crippen MR) is 104 cm³/mol. The molecule has 1 aromatic carbocycles. The van der Waals surface area contributed by atoms with Crippen LogP contribution in [0, 0.1) is 6.92 Å². The van der Waals surface area contributed by atoms with E-state index in [1.807, 2.05) is 19.1 Å². The summed E-state index contributed by atoms with van der Waals surface area (Å²) in [5, 5.41) is 7.32. The van der Waals surface area contributed by atoms with Crippen molar-refractivity contribution in [3.05, 3.63) is 64.8 Å². The van der Waals surface area contributed by atoms with E-state index in [4.69, 9.17) is 4.52 Å². The minimum Gasteiger partial charge on any atom is -0.345 e. The fraction of sp³-hybridized carbons (Fsp3) is 0.364. The zero-order valence-electron chi connectivity index (χ0n) is 15.8. The number of fused-ring (bicyclic) bond motifs is 1. The molecular formula is C22H22N4O2. The summed E-state index contributed by atoms with van der Waals surface area (Å²) in [6.07, 6.45) is 7.02. The second-order valence-corrected chi connectivity index (χ2v) is 7.75. The number of nitrogens with zero attached hydrogens (tertiary/aromatic N) is 3. The molecular weight excluding hydrogens is 352 g/mol. The molecule has 0 saturated heterocycles. The Morgan fingerprint density at radius 1 is 1.18 bits per heavy atom. The third-order valence-corrected chi connectivity index (χ3v) is 5.84. The van der Waals surface area contributed by atoms with Crippen molar-refractivity contribution in [3.8, 4) is 11.4 Å². The van der Waals surface area contributed by atoms with E-state index in [1.54, 1.807) is 12.3 Å². The Bertz CT molecular complexity index is 1040. The van der Waals surface area contributed by atoms with E-state index in [0.29, 0.717) is 17.3 Å². The average Bonchev–Trinajstić information content (AvgIpc) is 3.28. The highest BCUT2D eigenvalue weighted by atomic mass is 16.5. The summed E-state index contributed by atoms with van der Waals surface area (Å²) in [5.41, 5.74) is 4.87. The Morgan fingerprint density at radius 2 is 2.07 bits per heavy atom. The van der Waals surface area contributed by atoms with Gasteiger partial charge in [-0.3, -0.25) is 9.78 Å². The van der Waals surface area contributed by atoms with Gasteiger partial charge in [-0.05, 0) is 61.9 Å². The maximum Gasteiger partial charge on any atom is 0.251 e. The zero-order valence-corrected chi connectivity index (χ0v) is 15.8. The Balaban J connectivity index is 1.33. The number of carbonyl (C=O) groups is 1. The topological polar surface area (TPSA) is 80.9 Å². The number of pyridine rings is 1. The number of benzene rings is 1. The number of rotatable bonds is 4. The van der Waals surface area contributed by atoms with E-state index < -0.39 is 0 Å². The molecule has 3 aromatic rings. The predicted octanol–water partition coefficient (Wildman–Crippen LogP) is 4.12. The second-order valence-electron chi connectivity index (χ2n) is 7.75. The SMILES string of the molecule is Cc1cc(C(=O)NC2CCc3cc(-c4noc(C5CCC5)n4)ccc32)ccn1. The zero-order chi connectivity index (χ0) is 19.1. The van der Waals surface area contributed by atoms with E-state index in [2.05, 4.69) is 32.6 Å². The van der Waals surface area contributed by atoms with E-state index in [-0.39, 0.29) is 11.9 Å². The summed E-state index contributed by atoms with van der Waals surface area (Å²) in [6.45, 7) is 1.89. The Hall–Kier alpha value is -3.02. The van der Waals surface area contributed by atoms with E-state index >= 15 is 0 Å². The van der Waals surface area contributed by atoms with Crippen LogP contribution in [0.25, 0.3) is 11.4 Å². The van der Waals surface area contributed by atoms with Crippen molar-refractivity contribution in [1.29, 1.82) is 0 Å². The van der Waals surface area contributed by atoms with E-state index in [1.165, 1.54) is 17.5 Å². The van der Waals surface area contributed by atoms with Crippen LogP contribution in [0.2, 0.25) is 0 Å². The smallest absolute Gasteiger partial charge is 0.251 e. The molecule has 1 fully saturated rings. The van der Waals surface area contributed by atoms with Crippen LogP contribution in [0.15, 0.2) is 41.1 Å². The van der Waals surface area contributed by atoms with Gasteiger partial charge in [0.15, 0.2) is 0 Å². The summed E-state index contributed by atoms with van der Waals surface area (Å²) in [4.78, 5) is 21.3. The summed E-state index contributed by atoms with van der Waals surface area (Å²) >= 11 is 0. The molecule has 1 N–H and O–H groups in total. The Kier molecular flexibility index (Phi) is 4.19. The van der Waals surface area contributed by atoms with Crippen LogP contribution >= 0.6 is 0 Å². The van der Waals surface area contributed by atoms with Crippen LogP contribution in [0.4, 0.5) is 0 Å². The molecule has 6 nitrogen and oxygen atoms in total. The van der Waals surface area contributed by atoms with Crippen LogP contribution < -0.4 is 5.32 Å². The fourth-order valence-corrected chi connectivity index (χ4v) is 4.01. The summed E-state index contributed by atoms with van der Waals surface area (Å²) in [5.74, 6) is 1.80. The molecule has 2 aromatic heterocycles. The standard InChI is InChI=1S/C22H22N4O2/c1-13-11-17(9-10-23-13)21(27)24-19-8-6-15-12-16(5-7-18(15)19)20-25-22(28-26-20)14-3-2-4-14/h5,7,9-12,14,19H,2-4,6,8H2,1H3,(H,24,27).